The van der Waals surface area contributed by atoms with Crippen molar-refractivity contribution in [2.24, 2.45) is 10.3 Å². The van der Waals surface area contributed by atoms with Gasteiger partial charge < -0.3 is 15.5 Å². The van der Waals surface area contributed by atoms with E-state index in [0.29, 0.717) is 17.8 Å². The number of hydrogen-bond donors (Lipinski definition) is 3. The van der Waals surface area contributed by atoms with Crippen LogP contribution in [0, 0.1) is 0 Å². The zero-order valence-corrected chi connectivity index (χ0v) is 20.5. The van der Waals surface area contributed by atoms with Crippen molar-refractivity contribution in [2.45, 2.75) is 25.3 Å². The molecule has 0 unspecified atom stereocenters. The molecule has 0 bridgehead atoms. The predicted molar refractivity (Wildman–Crippen MR) is 131 cm³/mol. The Morgan fingerprint density at radius 1 is 1.00 bits per heavy atom. The van der Waals surface area contributed by atoms with E-state index in [0.717, 1.165) is 31.5 Å². The molecule has 11 nitrogen and oxygen atoms in total. The van der Waals surface area contributed by atoms with Crippen molar-refractivity contribution in [3.05, 3.63) is 59.7 Å². The SMILES string of the molecule is CN(C(=O)Cc1ccc(N(S(N)(=O)=O)S(N)(=O)=O)cc1)[C@H](CN1CCCC1)c1cccc(N)c1. The second-order valence-corrected chi connectivity index (χ2v) is 11.3. The van der Waals surface area contributed by atoms with Crippen molar-refractivity contribution in [2.75, 3.05) is 36.1 Å². The van der Waals surface area contributed by atoms with Crippen molar-refractivity contribution in [1.82, 2.24) is 9.80 Å². The molecule has 1 saturated heterocycles. The lowest BCUT2D eigenvalue weighted by atomic mass is 10.0. The maximum atomic E-state index is 13.2. The van der Waals surface area contributed by atoms with Gasteiger partial charge in [-0.3, -0.25) is 4.79 Å². The molecular formula is C21H30N6O5S2. The van der Waals surface area contributed by atoms with Gasteiger partial charge in [-0.25, -0.2) is 10.3 Å². The summed E-state index contributed by atoms with van der Waals surface area (Å²) in [6.07, 6.45) is 2.28. The van der Waals surface area contributed by atoms with Crippen molar-refractivity contribution in [3.63, 3.8) is 0 Å². The molecule has 0 aliphatic carbocycles. The van der Waals surface area contributed by atoms with Crippen LogP contribution >= 0.6 is 0 Å². The second kappa shape index (κ2) is 10.3. The van der Waals surface area contributed by atoms with Gasteiger partial charge in [-0.2, -0.15) is 16.8 Å². The molecule has 0 saturated carbocycles. The molecule has 186 valence electrons. The van der Waals surface area contributed by atoms with Gasteiger partial charge >= 0.3 is 20.4 Å². The Kier molecular flexibility index (Phi) is 7.83. The van der Waals surface area contributed by atoms with Gasteiger partial charge in [-0.05, 0) is 61.3 Å². The number of benzene rings is 2. The van der Waals surface area contributed by atoms with Crippen LogP contribution in [0.2, 0.25) is 0 Å². The van der Waals surface area contributed by atoms with Crippen LogP contribution in [-0.4, -0.2) is 59.2 Å². The van der Waals surface area contributed by atoms with Crippen LogP contribution in [0.4, 0.5) is 11.4 Å². The summed E-state index contributed by atoms with van der Waals surface area (Å²) in [4.78, 5) is 17.2. The molecule has 2 aromatic carbocycles. The van der Waals surface area contributed by atoms with Gasteiger partial charge in [0.05, 0.1) is 18.2 Å². The minimum Gasteiger partial charge on any atom is -0.399 e. The number of rotatable bonds is 9. The zero-order valence-electron chi connectivity index (χ0n) is 18.9. The van der Waals surface area contributed by atoms with Crippen LogP contribution in [0.3, 0.4) is 0 Å². The summed E-state index contributed by atoms with van der Waals surface area (Å²) in [5, 5.41) is 9.98. The van der Waals surface area contributed by atoms with E-state index in [1.165, 1.54) is 24.3 Å². The Morgan fingerprint density at radius 3 is 2.12 bits per heavy atom. The molecule has 1 heterocycles. The number of amides is 1. The molecular weight excluding hydrogens is 480 g/mol. The lowest BCUT2D eigenvalue weighted by molar-refractivity contribution is -0.131. The van der Waals surface area contributed by atoms with Crippen LogP contribution in [0.1, 0.15) is 30.0 Å². The predicted octanol–water partition coefficient (Wildman–Crippen LogP) is 0.320. The fraction of sp³-hybridized carbons (Fsp3) is 0.381. The van der Waals surface area contributed by atoms with Gasteiger partial charge in [0.2, 0.25) is 5.91 Å². The lowest BCUT2D eigenvalue weighted by Gasteiger charge is -2.32. The van der Waals surface area contributed by atoms with Gasteiger partial charge in [0, 0.05) is 19.3 Å². The Balaban J connectivity index is 1.79. The molecule has 0 aromatic heterocycles. The highest BCUT2D eigenvalue weighted by Gasteiger charge is 2.29. The average Bonchev–Trinajstić information content (AvgIpc) is 3.24. The Morgan fingerprint density at radius 2 is 1.59 bits per heavy atom. The third-order valence-electron chi connectivity index (χ3n) is 5.75. The number of carbonyl (C=O) groups is 1. The van der Waals surface area contributed by atoms with Gasteiger partial charge in [0.15, 0.2) is 0 Å². The van der Waals surface area contributed by atoms with Crippen molar-refractivity contribution in [3.8, 4) is 0 Å². The highest BCUT2D eigenvalue weighted by Crippen LogP contribution is 2.26. The van der Waals surface area contributed by atoms with E-state index in [2.05, 4.69) is 4.90 Å². The Hall–Kier alpha value is -2.71. The van der Waals surface area contributed by atoms with Crippen LogP contribution in [0.25, 0.3) is 0 Å². The number of likely N-dealkylation sites (N-methyl/N-ethyl adjacent to an activating group) is 1. The molecule has 1 aliphatic heterocycles. The first-order chi connectivity index (χ1) is 15.9. The molecule has 6 N–H and O–H groups in total. The molecule has 1 amide bonds. The number of nitrogens with two attached hydrogens (primary N) is 3. The standard InChI is InChI=1S/C21H30N6O5S2/c1-25(20(15-26-11-2-3-12-26)17-5-4-6-18(22)14-17)21(28)13-16-7-9-19(10-8-16)27(33(23,29)30)34(24,31)32/h4-10,14,20H,2-3,11-13,15,22H2,1H3,(H2,23,29,30)(H2,24,31,32)/t20-/m1/s1. The largest absolute Gasteiger partial charge is 0.399 e. The normalized spacial score (nSPS) is 15.7. The molecule has 0 radical (unpaired) electrons. The summed E-state index contributed by atoms with van der Waals surface area (Å²) in [5.41, 5.74) is 7.86. The topological polar surface area (TPSA) is 173 Å². The monoisotopic (exact) mass is 510 g/mol. The number of hydrogen-bond acceptors (Lipinski definition) is 7. The summed E-state index contributed by atoms with van der Waals surface area (Å²) in [6.45, 7) is 2.64. The minimum absolute atomic E-state index is 0.0281. The summed E-state index contributed by atoms with van der Waals surface area (Å²) in [6, 6.07) is 12.7. The van der Waals surface area contributed by atoms with Crippen molar-refractivity contribution >= 4 is 37.7 Å². The number of carbonyl (C=O) groups excluding carboxylic acids is 1. The van der Waals surface area contributed by atoms with E-state index in [1.54, 1.807) is 18.0 Å². The Labute approximate surface area is 200 Å². The maximum Gasteiger partial charge on any atom is 0.313 e. The van der Waals surface area contributed by atoms with E-state index in [1.807, 2.05) is 18.2 Å². The molecule has 13 heteroatoms. The Bertz CT molecular complexity index is 1200. The fourth-order valence-electron chi connectivity index (χ4n) is 4.07. The highest BCUT2D eigenvalue weighted by atomic mass is 32.3. The molecule has 1 aliphatic rings. The zero-order chi connectivity index (χ0) is 25.1. The van der Waals surface area contributed by atoms with E-state index in [9.17, 15) is 21.6 Å². The average molecular weight is 511 g/mol. The first kappa shape index (κ1) is 25.9. The molecule has 1 atom stereocenters. The second-order valence-electron chi connectivity index (χ2n) is 8.33. The summed E-state index contributed by atoms with van der Waals surface area (Å²) in [7, 11) is -7.56. The van der Waals surface area contributed by atoms with E-state index in [-0.39, 0.29) is 27.8 Å². The first-order valence-electron chi connectivity index (χ1n) is 10.6. The van der Waals surface area contributed by atoms with Crippen molar-refractivity contribution in [1.29, 1.82) is 0 Å². The number of likely N-dealkylation sites (tertiary alicyclic amines) is 1. The van der Waals surface area contributed by atoms with Gasteiger partial charge in [0.25, 0.3) is 0 Å². The summed E-state index contributed by atoms with van der Waals surface area (Å²) < 4.78 is 46.6. The number of nitrogen functional groups attached to an aromatic ring is 1. The first-order valence-corrected chi connectivity index (χ1v) is 13.7. The van der Waals surface area contributed by atoms with E-state index >= 15 is 0 Å². The summed E-state index contributed by atoms with van der Waals surface area (Å²) in [5.74, 6) is -0.158. The third kappa shape index (κ3) is 6.45. The van der Waals surface area contributed by atoms with Crippen molar-refractivity contribution < 1.29 is 21.6 Å². The fourth-order valence-corrected chi connectivity index (χ4v) is 6.06. The summed E-state index contributed by atoms with van der Waals surface area (Å²) >= 11 is 0. The van der Waals surface area contributed by atoms with Gasteiger partial charge in [-0.1, -0.05) is 24.3 Å². The molecule has 34 heavy (non-hydrogen) atoms. The number of nitrogens with zero attached hydrogens (tertiary/aromatic N) is 3. The van der Waals surface area contributed by atoms with Crippen LogP contribution in [0.5, 0.6) is 0 Å². The van der Waals surface area contributed by atoms with Crippen LogP contribution in [-0.2, 0) is 31.6 Å². The third-order valence-corrected chi connectivity index (χ3v) is 8.34. The lowest BCUT2D eigenvalue weighted by Crippen LogP contribution is -2.45. The molecule has 0 spiro atoms. The molecule has 3 rings (SSSR count). The maximum absolute atomic E-state index is 13.2. The van der Waals surface area contributed by atoms with Gasteiger partial charge in [-0.15, -0.1) is 3.71 Å². The van der Waals surface area contributed by atoms with Crippen LogP contribution in [0.15, 0.2) is 48.5 Å². The molecule has 2 aromatic rings. The quantitative estimate of drug-likeness (QED) is 0.407. The smallest absolute Gasteiger partial charge is 0.313 e. The minimum atomic E-state index is -4.65. The van der Waals surface area contributed by atoms with Crippen LogP contribution < -0.4 is 19.7 Å². The van der Waals surface area contributed by atoms with Gasteiger partial charge in [0.1, 0.15) is 0 Å². The number of anilines is 2. The van der Waals surface area contributed by atoms with E-state index < -0.39 is 20.4 Å². The van der Waals surface area contributed by atoms with E-state index in [4.69, 9.17) is 16.0 Å². The highest BCUT2D eigenvalue weighted by molar-refractivity contribution is 8.08. The molecule has 1 fully saturated rings.